The molecular weight excluding hydrogens is 692 g/mol. The number of carbonyl (C=O) groups excluding carboxylic acids is 1. The lowest BCUT2D eigenvalue weighted by molar-refractivity contribution is -0.301. The lowest BCUT2D eigenvalue weighted by Gasteiger charge is -2.41. The summed E-state index contributed by atoms with van der Waals surface area (Å²) in [7, 11) is -5.05. The first-order chi connectivity index (χ1) is 25.1. The SMILES string of the molecule is CCCCCCC/C=C\C/C=C\C/C=C\CCCCCCCCCOCC(COC1OC(CO)C(O)C(OS(=O)(=O)O)C1O)OC(=O)CCCCC. The van der Waals surface area contributed by atoms with Gasteiger partial charge in [0.25, 0.3) is 0 Å². The number of aliphatic hydroxyl groups excluding tert-OH is 3. The molecule has 1 saturated heterocycles. The highest BCUT2D eigenvalue weighted by Gasteiger charge is 2.48. The molecule has 0 bridgehead atoms. The van der Waals surface area contributed by atoms with E-state index in [0.717, 1.165) is 51.4 Å². The molecule has 0 aromatic rings. The van der Waals surface area contributed by atoms with E-state index in [4.69, 9.17) is 23.5 Å². The summed E-state index contributed by atoms with van der Waals surface area (Å²) < 4.78 is 58.3. The summed E-state index contributed by atoms with van der Waals surface area (Å²) in [6.07, 6.45) is 25.8. The van der Waals surface area contributed by atoms with Crippen LogP contribution in [0.5, 0.6) is 0 Å². The van der Waals surface area contributed by atoms with E-state index in [2.05, 4.69) is 47.6 Å². The Morgan fingerprint density at radius 3 is 1.85 bits per heavy atom. The van der Waals surface area contributed by atoms with Gasteiger partial charge in [0, 0.05) is 13.0 Å². The molecule has 6 atom stereocenters. The number of rotatable bonds is 33. The van der Waals surface area contributed by atoms with Gasteiger partial charge >= 0.3 is 16.4 Å². The lowest BCUT2D eigenvalue weighted by atomic mass is 9.99. The first-order valence-electron chi connectivity index (χ1n) is 19.7. The molecule has 0 radical (unpaired) electrons. The maximum atomic E-state index is 12.4. The van der Waals surface area contributed by atoms with E-state index in [1.165, 1.54) is 64.2 Å². The molecular formula is C39H70O12S. The Bertz CT molecular complexity index is 1060. The number of hydrogen-bond donors (Lipinski definition) is 4. The minimum Gasteiger partial charge on any atom is -0.457 e. The van der Waals surface area contributed by atoms with E-state index in [-0.39, 0.29) is 19.6 Å². The second kappa shape index (κ2) is 31.6. The summed E-state index contributed by atoms with van der Waals surface area (Å²) >= 11 is 0. The van der Waals surface area contributed by atoms with Gasteiger partial charge in [-0.05, 0) is 51.4 Å². The van der Waals surface area contributed by atoms with Crippen molar-refractivity contribution < 1.29 is 56.2 Å². The van der Waals surface area contributed by atoms with Crippen LogP contribution in [0.25, 0.3) is 0 Å². The van der Waals surface area contributed by atoms with Gasteiger partial charge < -0.3 is 34.3 Å². The van der Waals surface area contributed by atoms with E-state index < -0.39 is 59.8 Å². The van der Waals surface area contributed by atoms with Crippen molar-refractivity contribution in [3.05, 3.63) is 36.5 Å². The standard InChI is InChI=1S/C39H70O12S/c1-3-5-7-8-9-10-11-12-13-14-15-16-17-18-19-20-21-22-23-24-25-27-29-47-31-33(49-35(41)28-26-6-4-2)32-48-39-37(43)38(51-52(44,45)46)36(42)34(30-40)50-39/h11-12,14-15,17-18,33-34,36-40,42-43H,3-10,13,16,19-32H2,1-2H3,(H,44,45,46)/b12-11-,15-14-,18-17-. The molecule has 1 aliphatic rings. The van der Waals surface area contributed by atoms with E-state index in [1.54, 1.807) is 0 Å². The van der Waals surface area contributed by atoms with Gasteiger partial charge in [0.1, 0.15) is 30.5 Å². The smallest absolute Gasteiger partial charge is 0.397 e. The van der Waals surface area contributed by atoms with E-state index in [9.17, 15) is 28.5 Å². The topological polar surface area (TPSA) is 178 Å². The highest BCUT2D eigenvalue weighted by Crippen LogP contribution is 2.26. The number of ether oxygens (including phenoxy) is 4. The Kier molecular flexibility index (Phi) is 29.4. The third-order valence-electron chi connectivity index (χ3n) is 8.77. The molecule has 1 aliphatic heterocycles. The molecule has 0 aromatic heterocycles. The molecule has 1 fully saturated rings. The Balaban J connectivity index is 2.27. The molecule has 0 aromatic carbocycles. The normalized spacial score (nSPS) is 21.8. The van der Waals surface area contributed by atoms with E-state index in [1.807, 2.05) is 6.92 Å². The van der Waals surface area contributed by atoms with Crippen LogP contribution in [0.1, 0.15) is 142 Å². The zero-order valence-electron chi connectivity index (χ0n) is 31.9. The Hall–Kier alpha value is -1.68. The molecule has 0 saturated carbocycles. The van der Waals surface area contributed by atoms with Gasteiger partial charge in [-0.3, -0.25) is 9.35 Å². The van der Waals surface area contributed by atoms with Crippen molar-refractivity contribution in [3.63, 3.8) is 0 Å². The van der Waals surface area contributed by atoms with Gasteiger partial charge in [0.05, 0.1) is 19.8 Å². The van der Waals surface area contributed by atoms with E-state index >= 15 is 0 Å². The fourth-order valence-electron chi connectivity index (χ4n) is 5.74. The summed E-state index contributed by atoms with van der Waals surface area (Å²) in [6.45, 7) is 3.74. The molecule has 4 N–H and O–H groups in total. The zero-order valence-corrected chi connectivity index (χ0v) is 32.7. The van der Waals surface area contributed by atoms with Crippen LogP contribution >= 0.6 is 0 Å². The van der Waals surface area contributed by atoms with E-state index in [0.29, 0.717) is 13.0 Å². The number of allylic oxidation sites excluding steroid dienone is 6. The summed E-state index contributed by atoms with van der Waals surface area (Å²) in [5, 5.41) is 30.3. The number of hydrogen-bond acceptors (Lipinski definition) is 11. The molecule has 1 rings (SSSR count). The number of esters is 1. The minimum atomic E-state index is -5.05. The molecule has 52 heavy (non-hydrogen) atoms. The van der Waals surface area contributed by atoms with Crippen molar-refractivity contribution in [3.8, 4) is 0 Å². The first-order valence-corrected chi connectivity index (χ1v) is 21.1. The second-order valence-electron chi connectivity index (χ2n) is 13.5. The van der Waals surface area contributed by atoms with Crippen LogP contribution in [0.4, 0.5) is 0 Å². The molecule has 0 spiro atoms. The quantitative estimate of drug-likeness (QED) is 0.0232. The van der Waals surface area contributed by atoms with Crippen LogP contribution < -0.4 is 0 Å². The number of carbonyl (C=O) groups is 1. The van der Waals surface area contributed by atoms with Crippen LogP contribution in [0.2, 0.25) is 0 Å². The largest absolute Gasteiger partial charge is 0.457 e. The van der Waals surface area contributed by atoms with Crippen molar-refractivity contribution in [2.24, 2.45) is 0 Å². The van der Waals surface area contributed by atoms with Gasteiger partial charge in [0.15, 0.2) is 6.29 Å². The average molecular weight is 763 g/mol. The van der Waals surface area contributed by atoms with Crippen molar-refractivity contribution >= 4 is 16.4 Å². The van der Waals surface area contributed by atoms with Gasteiger partial charge in [-0.1, -0.05) is 121 Å². The van der Waals surface area contributed by atoms with Crippen molar-refractivity contribution in [2.75, 3.05) is 26.4 Å². The zero-order chi connectivity index (χ0) is 38.3. The number of aliphatic hydroxyl groups is 3. The van der Waals surface area contributed by atoms with Crippen LogP contribution in [-0.2, 0) is 38.3 Å². The fraction of sp³-hybridized carbons (Fsp3) is 0.821. The molecule has 13 heteroatoms. The third kappa shape index (κ3) is 25.4. The highest BCUT2D eigenvalue weighted by molar-refractivity contribution is 7.80. The lowest BCUT2D eigenvalue weighted by Crippen LogP contribution is -2.60. The van der Waals surface area contributed by atoms with Crippen LogP contribution in [0, 0.1) is 0 Å². The summed E-state index contributed by atoms with van der Waals surface area (Å²) in [5.41, 5.74) is 0. The summed E-state index contributed by atoms with van der Waals surface area (Å²) in [6, 6.07) is 0. The maximum absolute atomic E-state index is 12.4. The molecule has 6 unspecified atom stereocenters. The number of unbranched alkanes of at least 4 members (excludes halogenated alkanes) is 14. The molecule has 12 nitrogen and oxygen atoms in total. The van der Waals surface area contributed by atoms with Crippen molar-refractivity contribution in [2.45, 2.75) is 179 Å². The fourth-order valence-corrected chi connectivity index (χ4v) is 6.24. The predicted octanol–water partition coefficient (Wildman–Crippen LogP) is 7.07. The van der Waals surface area contributed by atoms with Gasteiger partial charge in [0.2, 0.25) is 0 Å². The highest BCUT2D eigenvalue weighted by atomic mass is 32.3. The first kappa shape index (κ1) is 48.3. The van der Waals surface area contributed by atoms with Crippen molar-refractivity contribution in [1.82, 2.24) is 0 Å². The minimum absolute atomic E-state index is 0.0267. The predicted molar refractivity (Wildman–Crippen MR) is 202 cm³/mol. The Labute approximate surface area is 313 Å². The Morgan fingerprint density at radius 1 is 0.731 bits per heavy atom. The maximum Gasteiger partial charge on any atom is 0.397 e. The Morgan fingerprint density at radius 2 is 1.27 bits per heavy atom. The van der Waals surface area contributed by atoms with Gasteiger partial charge in [-0.2, -0.15) is 8.42 Å². The summed E-state index contributed by atoms with van der Waals surface area (Å²) in [5.74, 6) is -0.429. The molecule has 0 amide bonds. The monoisotopic (exact) mass is 762 g/mol. The summed E-state index contributed by atoms with van der Waals surface area (Å²) in [4.78, 5) is 12.4. The van der Waals surface area contributed by atoms with Crippen LogP contribution in [0.15, 0.2) is 36.5 Å². The van der Waals surface area contributed by atoms with Crippen molar-refractivity contribution in [1.29, 1.82) is 0 Å². The third-order valence-corrected chi connectivity index (χ3v) is 9.23. The molecule has 0 aliphatic carbocycles. The average Bonchev–Trinajstić information content (AvgIpc) is 3.11. The van der Waals surface area contributed by atoms with Gasteiger partial charge in [-0.25, -0.2) is 4.18 Å². The van der Waals surface area contributed by atoms with Crippen LogP contribution in [-0.4, -0.2) is 97.5 Å². The van der Waals surface area contributed by atoms with Crippen LogP contribution in [0.3, 0.4) is 0 Å². The molecule has 1 heterocycles. The second-order valence-corrected chi connectivity index (χ2v) is 14.6. The molecule has 304 valence electrons. The van der Waals surface area contributed by atoms with Gasteiger partial charge in [-0.15, -0.1) is 0 Å².